The Kier molecular flexibility index (Phi) is 4.76. The van der Waals surface area contributed by atoms with Crippen molar-refractivity contribution in [2.45, 2.75) is 33.4 Å². The molecule has 0 aliphatic rings. The van der Waals surface area contributed by atoms with Crippen LogP contribution in [0.5, 0.6) is 5.75 Å². The molecule has 0 saturated carbocycles. The van der Waals surface area contributed by atoms with Gasteiger partial charge in [-0.15, -0.1) is 0 Å². The zero-order valence-corrected chi connectivity index (χ0v) is 13.3. The van der Waals surface area contributed by atoms with Crippen molar-refractivity contribution in [3.63, 3.8) is 0 Å². The number of nitrogens with zero attached hydrogens (tertiary/aromatic N) is 2. The molecule has 0 aliphatic heterocycles. The molecule has 0 bridgehead atoms. The first-order valence-corrected chi connectivity index (χ1v) is 7.41. The van der Waals surface area contributed by atoms with Crippen molar-refractivity contribution in [2.24, 2.45) is 0 Å². The Hall–Kier alpha value is -1.14. The van der Waals surface area contributed by atoms with E-state index in [2.05, 4.69) is 45.2 Å². The van der Waals surface area contributed by atoms with E-state index in [0.29, 0.717) is 11.4 Å². The largest absolute Gasteiger partial charge is 0.484 e. The van der Waals surface area contributed by atoms with Gasteiger partial charge >= 0.3 is 0 Å². The summed E-state index contributed by atoms with van der Waals surface area (Å²) in [6.07, 6.45) is 1.01. The van der Waals surface area contributed by atoms with Crippen molar-refractivity contribution in [2.75, 3.05) is 0 Å². The van der Waals surface area contributed by atoms with Crippen molar-refractivity contribution >= 4 is 28.1 Å². The number of hydrogen-bond donors (Lipinski definition) is 1. The number of rotatable bonds is 5. The molecule has 2 rings (SSSR count). The summed E-state index contributed by atoms with van der Waals surface area (Å²) in [5.74, 6) is 1.62. The Morgan fingerprint density at radius 1 is 1.42 bits per heavy atom. The number of ether oxygens (including phenoxy) is 1. The van der Waals surface area contributed by atoms with Crippen LogP contribution in [0.1, 0.15) is 25.2 Å². The molecular formula is C13H16BrN3OS. The van der Waals surface area contributed by atoms with Gasteiger partial charge in [0, 0.05) is 6.54 Å². The van der Waals surface area contributed by atoms with Gasteiger partial charge in [0.25, 0.3) is 0 Å². The van der Waals surface area contributed by atoms with Gasteiger partial charge in [-0.1, -0.05) is 13.0 Å². The minimum absolute atomic E-state index is 0.394. The molecule has 2 aromatic rings. The Bertz CT molecular complexity index is 621. The Labute approximate surface area is 125 Å². The fraction of sp³-hybridized carbons (Fsp3) is 0.385. The summed E-state index contributed by atoms with van der Waals surface area (Å²) in [4.78, 5) is 0. The third-order valence-electron chi connectivity index (χ3n) is 2.91. The van der Waals surface area contributed by atoms with Gasteiger partial charge < -0.3 is 9.30 Å². The molecule has 0 aliphatic carbocycles. The quantitative estimate of drug-likeness (QED) is 0.839. The lowest BCUT2D eigenvalue weighted by molar-refractivity contribution is 0.287. The molecule has 0 unspecified atom stereocenters. The number of halogens is 1. The first-order valence-electron chi connectivity index (χ1n) is 6.21. The normalized spacial score (nSPS) is 10.7. The Morgan fingerprint density at radius 3 is 2.84 bits per heavy atom. The van der Waals surface area contributed by atoms with Crippen LogP contribution in [0.2, 0.25) is 0 Å². The van der Waals surface area contributed by atoms with Gasteiger partial charge in [-0.3, -0.25) is 5.10 Å². The topological polar surface area (TPSA) is 42.8 Å². The molecule has 1 aromatic carbocycles. The average molecular weight is 342 g/mol. The van der Waals surface area contributed by atoms with Crippen molar-refractivity contribution in [1.29, 1.82) is 0 Å². The number of hydrogen-bond acceptors (Lipinski definition) is 3. The van der Waals surface area contributed by atoms with E-state index in [-0.39, 0.29) is 0 Å². The molecule has 4 nitrogen and oxygen atoms in total. The number of H-pyrrole nitrogens is 1. The van der Waals surface area contributed by atoms with Crippen LogP contribution in [0.3, 0.4) is 0 Å². The lowest BCUT2D eigenvalue weighted by Crippen LogP contribution is -2.06. The number of nitrogens with one attached hydrogen (secondary N) is 1. The monoisotopic (exact) mass is 341 g/mol. The number of aromatic amines is 1. The zero-order chi connectivity index (χ0) is 13.8. The van der Waals surface area contributed by atoms with Gasteiger partial charge in [-0.05, 0) is 59.2 Å². The molecule has 102 valence electrons. The average Bonchev–Trinajstić information content (AvgIpc) is 2.77. The third kappa shape index (κ3) is 3.25. The first-order chi connectivity index (χ1) is 9.15. The lowest BCUT2D eigenvalue weighted by Gasteiger charge is -2.09. The third-order valence-corrected chi connectivity index (χ3v) is 3.85. The van der Waals surface area contributed by atoms with Gasteiger partial charge in [0.1, 0.15) is 12.4 Å². The predicted octanol–water partition coefficient (Wildman–Crippen LogP) is 3.86. The summed E-state index contributed by atoms with van der Waals surface area (Å²) >= 11 is 8.66. The molecule has 0 amide bonds. The molecule has 1 N–H and O–H groups in total. The zero-order valence-electron chi connectivity index (χ0n) is 10.9. The fourth-order valence-corrected chi connectivity index (χ4v) is 2.63. The van der Waals surface area contributed by atoms with E-state index in [1.807, 2.05) is 17.6 Å². The van der Waals surface area contributed by atoms with Crippen molar-refractivity contribution < 1.29 is 4.74 Å². The molecule has 1 aromatic heterocycles. The first kappa shape index (κ1) is 14.3. The second-order valence-electron chi connectivity index (χ2n) is 4.10. The van der Waals surface area contributed by atoms with Crippen LogP contribution in [0.4, 0.5) is 0 Å². The van der Waals surface area contributed by atoms with Gasteiger partial charge in [-0.25, -0.2) is 0 Å². The van der Waals surface area contributed by atoms with Gasteiger partial charge in [0.05, 0.1) is 4.47 Å². The molecule has 6 heteroatoms. The van der Waals surface area contributed by atoms with Crippen molar-refractivity contribution in [3.8, 4) is 5.75 Å². The minimum Gasteiger partial charge on any atom is -0.484 e. The van der Waals surface area contributed by atoms with E-state index in [4.69, 9.17) is 17.0 Å². The van der Waals surface area contributed by atoms with Gasteiger partial charge in [-0.2, -0.15) is 5.10 Å². The predicted molar refractivity (Wildman–Crippen MR) is 80.9 cm³/mol. The standard InChI is InChI=1S/C13H16BrN3OS/c1-3-9-5-6-11(10(14)7-9)18-8-12-15-16-13(19)17(12)4-2/h5-7H,3-4,8H2,1-2H3,(H,16,19). The maximum atomic E-state index is 5.78. The van der Waals surface area contributed by atoms with Crippen molar-refractivity contribution in [1.82, 2.24) is 14.8 Å². The molecule has 0 spiro atoms. The summed E-state index contributed by atoms with van der Waals surface area (Å²) in [5, 5.41) is 6.95. The molecule has 0 atom stereocenters. The van der Waals surface area contributed by atoms with Gasteiger partial charge in [0.15, 0.2) is 10.6 Å². The highest BCUT2D eigenvalue weighted by molar-refractivity contribution is 9.10. The van der Waals surface area contributed by atoms with E-state index in [1.165, 1.54) is 5.56 Å². The van der Waals surface area contributed by atoms with E-state index in [9.17, 15) is 0 Å². The van der Waals surface area contributed by atoms with Gasteiger partial charge in [0.2, 0.25) is 0 Å². The summed E-state index contributed by atoms with van der Waals surface area (Å²) < 4.78 is 9.29. The Morgan fingerprint density at radius 2 is 2.21 bits per heavy atom. The van der Waals surface area contributed by atoms with E-state index >= 15 is 0 Å². The maximum absolute atomic E-state index is 5.78. The highest BCUT2D eigenvalue weighted by Crippen LogP contribution is 2.26. The van der Waals surface area contributed by atoms with Crippen LogP contribution in [-0.4, -0.2) is 14.8 Å². The molecule has 0 radical (unpaired) electrons. The summed E-state index contributed by atoms with van der Waals surface area (Å²) in [6.45, 7) is 5.33. The smallest absolute Gasteiger partial charge is 0.195 e. The van der Waals surface area contributed by atoms with Crippen LogP contribution in [-0.2, 0) is 19.6 Å². The van der Waals surface area contributed by atoms with Crippen LogP contribution in [0.25, 0.3) is 0 Å². The van der Waals surface area contributed by atoms with Crippen LogP contribution in [0.15, 0.2) is 22.7 Å². The number of aromatic nitrogens is 3. The number of aryl methyl sites for hydroxylation is 1. The summed E-state index contributed by atoms with van der Waals surface area (Å²) in [6, 6.07) is 6.11. The van der Waals surface area contributed by atoms with Crippen LogP contribution >= 0.6 is 28.1 Å². The SMILES string of the molecule is CCc1ccc(OCc2n[nH]c(=S)n2CC)c(Br)c1. The van der Waals surface area contributed by atoms with E-state index in [0.717, 1.165) is 29.0 Å². The molecular weight excluding hydrogens is 326 g/mol. The summed E-state index contributed by atoms with van der Waals surface area (Å²) in [5.41, 5.74) is 1.27. The number of benzene rings is 1. The van der Waals surface area contributed by atoms with Crippen LogP contribution < -0.4 is 4.74 Å². The second kappa shape index (κ2) is 6.34. The minimum atomic E-state index is 0.394. The van der Waals surface area contributed by atoms with Crippen molar-refractivity contribution in [3.05, 3.63) is 38.8 Å². The fourth-order valence-electron chi connectivity index (χ4n) is 1.81. The lowest BCUT2D eigenvalue weighted by atomic mass is 10.2. The Balaban J connectivity index is 2.12. The molecule has 0 saturated heterocycles. The van der Waals surface area contributed by atoms with E-state index in [1.54, 1.807) is 0 Å². The summed E-state index contributed by atoms with van der Waals surface area (Å²) in [7, 11) is 0. The molecule has 19 heavy (non-hydrogen) atoms. The maximum Gasteiger partial charge on any atom is 0.195 e. The van der Waals surface area contributed by atoms with E-state index < -0.39 is 0 Å². The highest BCUT2D eigenvalue weighted by Gasteiger charge is 2.07. The van der Waals surface area contributed by atoms with Crippen LogP contribution in [0, 0.1) is 4.77 Å². The highest BCUT2D eigenvalue weighted by atomic mass is 79.9. The molecule has 1 heterocycles. The second-order valence-corrected chi connectivity index (χ2v) is 5.34. The molecule has 0 fully saturated rings.